The van der Waals surface area contributed by atoms with E-state index in [2.05, 4.69) is 9.62 Å². The Morgan fingerprint density at radius 1 is 0.939 bits per heavy atom. The van der Waals surface area contributed by atoms with Crippen molar-refractivity contribution in [3.05, 3.63) is 96.4 Å². The quantitative estimate of drug-likeness (QED) is 0.365. The Labute approximate surface area is 194 Å². The lowest BCUT2D eigenvalue weighted by molar-refractivity contribution is 0.224. The molecular formula is C26H28N2O4S. The lowest BCUT2D eigenvalue weighted by Gasteiger charge is -2.18. The van der Waals surface area contributed by atoms with E-state index in [-0.39, 0.29) is 17.5 Å². The van der Waals surface area contributed by atoms with Gasteiger partial charge in [-0.2, -0.15) is 0 Å². The highest BCUT2D eigenvalue weighted by molar-refractivity contribution is 7.89. The number of benzene rings is 3. The number of furan rings is 1. The smallest absolute Gasteiger partial charge is 0.240 e. The van der Waals surface area contributed by atoms with E-state index in [1.54, 1.807) is 24.7 Å². The molecule has 0 unspecified atom stereocenters. The van der Waals surface area contributed by atoms with Crippen LogP contribution >= 0.6 is 0 Å². The Morgan fingerprint density at radius 3 is 2.52 bits per heavy atom. The molecule has 0 fully saturated rings. The third kappa shape index (κ3) is 6.22. The van der Waals surface area contributed by atoms with Crippen molar-refractivity contribution in [2.75, 3.05) is 13.6 Å². The molecule has 0 aliphatic carbocycles. The van der Waals surface area contributed by atoms with Crippen molar-refractivity contribution in [3.63, 3.8) is 0 Å². The van der Waals surface area contributed by atoms with Gasteiger partial charge < -0.3 is 9.15 Å². The van der Waals surface area contributed by atoms with Crippen molar-refractivity contribution in [1.82, 2.24) is 9.62 Å². The van der Waals surface area contributed by atoms with Crippen molar-refractivity contribution in [1.29, 1.82) is 0 Å². The zero-order valence-corrected chi connectivity index (χ0v) is 19.6. The van der Waals surface area contributed by atoms with Crippen LogP contribution in [0.25, 0.3) is 10.8 Å². The number of sulfonamides is 1. The van der Waals surface area contributed by atoms with Crippen LogP contribution in [0.15, 0.2) is 94.6 Å². The second-order valence-corrected chi connectivity index (χ2v) is 10.0. The van der Waals surface area contributed by atoms with Crippen LogP contribution in [-0.2, 0) is 23.1 Å². The van der Waals surface area contributed by atoms with Gasteiger partial charge in [0.2, 0.25) is 10.0 Å². The van der Waals surface area contributed by atoms with Gasteiger partial charge in [-0.3, -0.25) is 4.90 Å². The summed E-state index contributed by atoms with van der Waals surface area (Å²) in [6.07, 6.45) is 3.09. The number of nitrogens with one attached hydrogen (secondary N) is 1. The van der Waals surface area contributed by atoms with Crippen LogP contribution in [0.3, 0.4) is 0 Å². The molecule has 1 aromatic heterocycles. The van der Waals surface area contributed by atoms with Gasteiger partial charge in [0, 0.05) is 25.2 Å². The third-order valence-corrected chi connectivity index (χ3v) is 6.73. The van der Waals surface area contributed by atoms with Crippen LogP contribution in [-0.4, -0.2) is 33.0 Å². The average Bonchev–Trinajstić information content (AvgIpc) is 3.30. The first-order chi connectivity index (χ1) is 15.9. The highest BCUT2D eigenvalue weighted by atomic mass is 32.2. The summed E-state index contributed by atoms with van der Waals surface area (Å²) in [4.78, 5) is 2.43. The molecule has 3 aromatic carbocycles. The summed E-state index contributed by atoms with van der Waals surface area (Å²) >= 11 is 0. The Hall–Kier alpha value is -3.13. The lowest BCUT2D eigenvalue weighted by Crippen LogP contribution is -2.33. The van der Waals surface area contributed by atoms with Gasteiger partial charge in [-0.1, -0.05) is 42.5 Å². The summed E-state index contributed by atoms with van der Waals surface area (Å²) in [5.41, 5.74) is 2.24. The van der Waals surface area contributed by atoms with Gasteiger partial charge in [0.1, 0.15) is 11.9 Å². The van der Waals surface area contributed by atoms with E-state index in [0.29, 0.717) is 5.75 Å². The Kier molecular flexibility index (Phi) is 7.13. The zero-order valence-electron chi connectivity index (χ0n) is 18.8. The molecule has 0 radical (unpaired) electrons. The fraction of sp³-hybridized carbons (Fsp3) is 0.231. The van der Waals surface area contributed by atoms with E-state index in [9.17, 15) is 8.42 Å². The molecule has 4 rings (SSSR count). The first-order valence-corrected chi connectivity index (χ1v) is 12.3. The molecule has 0 bridgehead atoms. The summed E-state index contributed by atoms with van der Waals surface area (Å²) in [5, 5.41) is 1.89. The fourth-order valence-corrected chi connectivity index (χ4v) is 4.85. The Bertz CT molecular complexity index is 1300. The minimum absolute atomic E-state index is 0.166. The molecule has 1 heterocycles. The monoisotopic (exact) mass is 464 g/mol. The maximum atomic E-state index is 12.8. The summed E-state index contributed by atoms with van der Waals surface area (Å²) in [6, 6.07) is 22.6. The summed E-state index contributed by atoms with van der Waals surface area (Å²) in [6.45, 7) is 3.56. The molecular weight excluding hydrogens is 436 g/mol. The number of fused-ring (bicyclic) bond motifs is 1. The molecule has 1 atom stereocenters. The first-order valence-electron chi connectivity index (χ1n) is 10.8. The van der Waals surface area contributed by atoms with Gasteiger partial charge in [0.25, 0.3) is 0 Å². The minimum atomic E-state index is -3.63. The molecule has 4 aromatic rings. The molecule has 0 aliphatic rings. The van der Waals surface area contributed by atoms with Gasteiger partial charge in [-0.15, -0.1) is 0 Å². The number of hydrogen-bond donors (Lipinski definition) is 1. The normalized spacial score (nSPS) is 12.8. The number of hydrogen-bond acceptors (Lipinski definition) is 5. The summed E-state index contributed by atoms with van der Waals surface area (Å²) < 4.78 is 39.3. The van der Waals surface area contributed by atoms with Gasteiger partial charge >= 0.3 is 0 Å². The van der Waals surface area contributed by atoms with E-state index < -0.39 is 10.0 Å². The minimum Gasteiger partial charge on any atom is -0.489 e. The van der Waals surface area contributed by atoms with Crippen LogP contribution in [0, 0.1) is 0 Å². The number of rotatable bonds is 10. The summed E-state index contributed by atoms with van der Waals surface area (Å²) in [7, 11) is -1.59. The largest absolute Gasteiger partial charge is 0.489 e. The highest BCUT2D eigenvalue weighted by Gasteiger charge is 2.16. The predicted molar refractivity (Wildman–Crippen MR) is 130 cm³/mol. The molecule has 6 nitrogen and oxygen atoms in total. The van der Waals surface area contributed by atoms with Crippen molar-refractivity contribution in [2.24, 2.45) is 0 Å². The van der Waals surface area contributed by atoms with Gasteiger partial charge in [-0.25, -0.2) is 13.1 Å². The maximum Gasteiger partial charge on any atom is 0.240 e. The molecule has 33 heavy (non-hydrogen) atoms. The Morgan fingerprint density at radius 2 is 1.73 bits per heavy atom. The average molecular weight is 465 g/mol. The van der Waals surface area contributed by atoms with E-state index in [4.69, 9.17) is 9.15 Å². The highest BCUT2D eigenvalue weighted by Crippen LogP contribution is 2.20. The standard InChI is InChI=1S/C26H28N2O4S/c1-20(16-27-33(29,30)26-11-10-23-7-3-4-8-24(23)15-26)32-25-9-5-6-21(14-25)17-28(2)18-22-12-13-31-19-22/h3-15,19-20,27H,16-18H2,1-2H3/t20-/m0/s1. The van der Waals surface area contributed by atoms with E-state index in [0.717, 1.165) is 35.0 Å². The fourth-order valence-electron chi connectivity index (χ4n) is 3.70. The lowest BCUT2D eigenvalue weighted by atomic mass is 10.1. The second kappa shape index (κ2) is 10.2. The van der Waals surface area contributed by atoms with Crippen LogP contribution in [0.2, 0.25) is 0 Å². The molecule has 7 heteroatoms. The zero-order chi connectivity index (χ0) is 23.3. The van der Waals surface area contributed by atoms with Crippen LogP contribution < -0.4 is 9.46 Å². The van der Waals surface area contributed by atoms with Crippen molar-refractivity contribution < 1.29 is 17.6 Å². The molecule has 0 amide bonds. The maximum absolute atomic E-state index is 12.8. The molecule has 0 saturated heterocycles. The van der Waals surface area contributed by atoms with Crippen molar-refractivity contribution in [3.8, 4) is 5.75 Å². The van der Waals surface area contributed by atoms with Crippen LogP contribution in [0.1, 0.15) is 18.1 Å². The van der Waals surface area contributed by atoms with Crippen LogP contribution in [0.4, 0.5) is 0 Å². The van der Waals surface area contributed by atoms with E-state index in [1.165, 1.54) is 0 Å². The van der Waals surface area contributed by atoms with E-state index in [1.807, 2.05) is 74.6 Å². The number of nitrogens with zero attached hydrogens (tertiary/aromatic N) is 1. The SMILES string of the molecule is C[C@@H](CNS(=O)(=O)c1ccc2ccccc2c1)Oc1cccc(CN(C)Cc2ccoc2)c1. The predicted octanol–water partition coefficient (Wildman–Crippen LogP) is 4.81. The molecule has 172 valence electrons. The molecule has 0 aliphatic heterocycles. The summed E-state index contributed by atoms with van der Waals surface area (Å²) in [5.74, 6) is 0.710. The number of ether oxygens (including phenoxy) is 1. The van der Waals surface area contributed by atoms with Crippen molar-refractivity contribution >= 4 is 20.8 Å². The topological polar surface area (TPSA) is 71.8 Å². The van der Waals surface area contributed by atoms with Crippen LogP contribution in [0.5, 0.6) is 5.75 Å². The first kappa shape index (κ1) is 23.0. The molecule has 0 saturated carbocycles. The third-order valence-electron chi connectivity index (χ3n) is 5.31. The van der Waals surface area contributed by atoms with Gasteiger partial charge in [-0.05, 0) is 60.6 Å². The van der Waals surface area contributed by atoms with E-state index >= 15 is 0 Å². The molecule has 0 spiro atoms. The molecule has 1 N–H and O–H groups in total. The second-order valence-electron chi connectivity index (χ2n) is 8.24. The van der Waals surface area contributed by atoms with Crippen molar-refractivity contribution in [2.45, 2.75) is 31.0 Å². The Balaban J connectivity index is 1.33. The van der Waals surface area contributed by atoms with Gasteiger partial charge in [0.05, 0.1) is 17.4 Å². The van der Waals surface area contributed by atoms with Gasteiger partial charge in [0.15, 0.2) is 0 Å².